The van der Waals surface area contributed by atoms with Gasteiger partial charge in [0.15, 0.2) is 5.82 Å². The molecule has 1 spiro atoms. The molecule has 0 saturated carbocycles. The summed E-state index contributed by atoms with van der Waals surface area (Å²) >= 11 is 1.88. The highest BCUT2D eigenvalue weighted by Gasteiger charge is 2.49. The Labute approximate surface area is 306 Å². The maximum atomic E-state index is 5.26. The van der Waals surface area contributed by atoms with Gasteiger partial charge in [-0.1, -0.05) is 158 Å². The summed E-state index contributed by atoms with van der Waals surface area (Å²) in [6.07, 6.45) is 4.59. The Morgan fingerprint density at radius 3 is 1.83 bits per heavy atom. The lowest BCUT2D eigenvalue weighted by Gasteiger charge is -2.35. The quantitative estimate of drug-likeness (QED) is 0.186. The van der Waals surface area contributed by atoms with Gasteiger partial charge in [0.1, 0.15) is 0 Å². The average Bonchev–Trinajstić information content (AvgIpc) is 3.69. The van der Waals surface area contributed by atoms with Crippen molar-refractivity contribution in [2.24, 2.45) is 0 Å². The van der Waals surface area contributed by atoms with E-state index in [0.717, 1.165) is 28.1 Å². The van der Waals surface area contributed by atoms with Crippen LogP contribution in [0.25, 0.3) is 77.4 Å². The molecule has 2 heterocycles. The molecule has 7 aromatic carbocycles. The van der Waals surface area contributed by atoms with Gasteiger partial charge >= 0.3 is 0 Å². The number of nitrogens with zero attached hydrogens (tertiary/aromatic N) is 2. The van der Waals surface area contributed by atoms with Crippen LogP contribution in [0.1, 0.15) is 33.4 Å². The molecule has 242 valence electrons. The van der Waals surface area contributed by atoms with E-state index in [0.29, 0.717) is 5.82 Å². The molecule has 0 amide bonds. The first-order chi connectivity index (χ1) is 25.8. The first-order valence-electron chi connectivity index (χ1n) is 17.7. The van der Waals surface area contributed by atoms with E-state index < -0.39 is 5.41 Å². The number of rotatable bonds is 3. The van der Waals surface area contributed by atoms with Crippen molar-refractivity contribution in [3.05, 3.63) is 203 Å². The van der Waals surface area contributed by atoms with Crippen molar-refractivity contribution in [2.45, 2.75) is 5.41 Å². The zero-order valence-electron chi connectivity index (χ0n) is 28.1. The van der Waals surface area contributed by atoms with Crippen molar-refractivity contribution in [3.63, 3.8) is 0 Å². The van der Waals surface area contributed by atoms with Crippen LogP contribution in [0.5, 0.6) is 0 Å². The van der Waals surface area contributed by atoms with E-state index in [-0.39, 0.29) is 0 Å². The molecule has 11 rings (SSSR count). The topological polar surface area (TPSA) is 25.8 Å². The molecule has 0 fully saturated rings. The van der Waals surface area contributed by atoms with E-state index in [1.807, 2.05) is 23.5 Å². The van der Waals surface area contributed by atoms with Gasteiger partial charge in [0.25, 0.3) is 0 Å². The lowest BCUT2D eigenvalue weighted by molar-refractivity contribution is 0.767. The van der Waals surface area contributed by atoms with Gasteiger partial charge in [0.2, 0.25) is 0 Å². The van der Waals surface area contributed by atoms with E-state index >= 15 is 0 Å². The minimum atomic E-state index is -0.562. The van der Waals surface area contributed by atoms with E-state index in [4.69, 9.17) is 9.97 Å². The number of benzene rings is 7. The highest BCUT2D eigenvalue weighted by atomic mass is 32.1. The van der Waals surface area contributed by atoms with Crippen LogP contribution in [-0.4, -0.2) is 9.97 Å². The van der Waals surface area contributed by atoms with Crippen LogP contribution in [0.4, 0.5) is 0 Å². The Hall–Kier alpha value is -6.42. The van der Waals surface area contributed by atoms with Crippen molar-refractivity contribution < 1.29 is 0 Å². The van der Waals surface area contributed by atoms with Gasteiger partial charge in [-0.15, -0.1) is 11.3 Å². The summed E-state index contributed by atoms with van der Waals surface area (Å²) in [5, 5.41) is 2.67. The van der Waals surface area contributed by atoms with Crippen LogP contribution in [0.3, 0.4) is 0 Å². The molecule has 0 aliphatic heterocycles. The number of fused-ring (bicyclic) bond motifs is 13. The highest BCUT2D eigenvalue weighted by Crippen LogP contribution is 2.61. The lowest BCUT2D eigenvalue weighted by Crippen LogP contribution is -2.30. The third kappa shape index (κ3) is 4.17. The van der Waals surface area contributed by atoms with Crippen molar-refractivity contribution in [1.29, 1.82) is 0 Å². The molecule has 52 heavy (non-hydrogen) atoms. The van der Waals surface area contributed by atoms with E-state index in [2.05, 4.69) is 170 Å². The molecule has 9 aromatic rings. The van der Waals surface area contributed by atoms with Crippen molar-refractivity contribution in [1.82, 2.24) is 9.97 Å². The summed E-state index contributed by atoms with van der Waals surface area (Å²) in [6.45, 7) is 0. The normalized spacial score (nSPS) is 15.3. The van der Waals surface area contributed by atoms with Crippen LogP contribution in [0.2, 0.25) is 0 Å². The fourth-order valence-electron chi connectivity index (χ4n) is 8.73. The van der Waals surface area contributed by atoms with Crippen LogP contribution in [0, 0.1) is 0 Å². The molecule has 0 bridgehead atoms. The molecular weight excluding hydrogens is 649 g/mol. The Morgan fingerprint density at radius 2 is 1.06 bits per heavy atom. The summed E-state index contributed by atoms with van der Waals surface area (Å²) in [5.74, 6) is 0.713. The molecule has 0 N–H and O–H groups in total. The third-order valence-corrected chi connectivity index (χ3v) is 12.1. The Bertz CT molecular complexity index is 2850. The molecule has 2 aliphatic carbocycles. The number of hydrogen-bond acceptors (Lipinski definition) is 3. The van der Waals surface area contributed by atoms with Gasteiger partial charge < -0.3 is 0 Å². The van der Waals surface area contributed by atoms with Crippen LogP contribution < -0.4 is 0 Å². The predicted octanol–water partition coefficient (Wildman–Crippen LogP) is 12.7. The number of aromatic nitrogens is 2. The summed E-state index contributed by atoms with van der Waals surface area (Å²) < 4.78 is 2.64. The average molecular weight is 679 g/mol. The first kappa shape index (κ1) is 29.3. The number of thiophene rings is 1. The molecule has 2 aliphatic rings. The zero-order valence-corrected chi connectivity index (χ0v) is 28.9. The summed E-state index contributed by atoms with van der Waals surface area (Å²) in [7, 11) is 0. The van der Waals surface area contributed by atoms with Crippen molar-refractivity contribution >= 4 is 43.7 Å². The van der Waals surface area contributed by atoms with Crippen LogP contribution in [-0.2, 0) is 5.41 Å². The second-order valence-electron chi connectivity index (χ2n) is 13.7. The second-order valence-corrected chi connectivity index (χ2v) is 14.8. The molecule has 2 nitrogen and oxygen atoms in total. The van der Waals surface area contributed by atoms with Gasteiger partial charge in [-0.2, -0.15) is 0 Å². The van der Waals surface area contributed by atoms with E-state index in [9.17, 15) is 0 Å². The molecule has 1 unspecified atom stereocenters. The Balaban J connectivity index is 1.24. The van der Waals surface area contributed by atoms with Crippen LogP contribution >= 0.6 is 11.3 Å². The minimum Gasteiger partial charge on any atom is -0.228 e. The van der Waals surface area contributed by atoms with Crippen LogP contribution in [0.15, 0.2) is 170 Å². The van der Waals surface area contributed by atoms with E-state index in [1.54, 1.807) is 0 Å². The van der Waals surface area contributed by atoms with Crippen molar-refractivity contribution in [3.8, 4) is 45.0 Å². The smallest absolute Gasteiger partial charge is 0.160 e. The molecule has 0 saturated heterocycles. The van der Waals surface area contributed by atoms with Gasteiger partial charge in [-0.05, 0) is 68.8 Å². The standard InChI is InChI=1S/C49H30N2S/c1-3-14-33(15-4-1)42-30-43(34-16-5-2-6-17-34)51-48(50-42)35-26-25-32-24-23-31-13-7-10-20-38(31)49(41(32)29-35)39-21-11-8-18-36(39)46-40(49)27-28-45-47(46)37-19-9-12-22-44(37)52-45/h1-30H. The molecule has 0 radical (unpaired) electrons. The fraction of sp³-hybridized carbons (Fsp3) is 0.0204. The summed E-state index contributed by atoms with van der Waals surface area (Å²) in [5.41, 5.74) is 14.6. The van der Waals surface area contributed by atoms with Gasteiger partial charge in [0.05, 0.1) is 16.8 Å². The molecule has 3 heteroatoms. The fourth-order valence-corrected chi connectivity index (χ4v) is 9.84. The zero-order chi connectivity index (χ0) is 34.2. The maximum Gasteiger partial charge on any atom is 0.160 e. The van der Waals surface area contributed by atoms with Gasteiger partial charge in [-0.25, -0.2) is 9.97 Å². The molecular formula is C49H30N2S. The Kier molecular flexibility index (Phi) is 6.37. The third-order valence-electron chi connectivity index (χ3n) is 10.9. The van der Waals surface area contributed by atoms with E-state index in [1.165, 1.54) is 64.7 Å². The van der Waals surface area contributed by atoms with Crippen molar-refractivity contribution in [2.75, 3.05) is 0 Å². The predicted molar refractivity (Wildman–Crippen MR) is 217 cm³/mol. The summed E-state index contributed by atoms with van der Waals surface area (Å²) in [4.78, 5) is 10.5. The first-order valence-corrected chi connectivity index (χ1v) is 18.6. The lowest BCUT2D eigenvalue weighted by atomic mass is 9.65. The Morgan fingerprint density at radius 1 is 0.423 bits per heavy atom. The van der Waals surface area contributed by atoms with Gasteiger partial charge in [-0.3, -0.25) is 0 Å². The second kappa shape index (κ2) is 11.3. The monoisotopic (exact) mass is 678 g/mol. The number of hydrogen-bond donors (Lipinski definition) is 0. The largest absolute Gasteiger partial charge is 0.228 e. The SMILES string of the molecule is C1=Cc2ccc(-c3nc(-c4ccccc4)cc(-c4ccccc4)n3)cc2C2(c3ccccc31)c1ccccc1-c1c2ccc2sc3ccccc3c12. The highest BCUT2D eigenvalue weighted by molar-refractivity contribution is 7.26. The minimum absolute atomic E-state index is 0.562. The summed E-state index contributed by atoms with van der Waals surface area (Å²) in [6, 6.07) is 61.5. The molecule has 1 atom stereocenters. The molecule has 2 aromatic heterocycles. The maximum absolute atomic E-state index is 5.26. The van der Waals surface area contributed by atoms with Gasteiger partial charge in [0, 0.05) is 36.9 Å².